The molecule has 0 fully saturated rings. The van der Waals surface area contributed by atoms with Gasteiger partial charge in [0.1, 0.15) is 5.75 Å². The van der Waals surface area contributed by atoms with Gasteiger partial charge < -0.3 is 10.1 Å². The quantitative estimate of drug-likeness (QED) is 0.186. The molecule has 0 spiro atoms. The van der Waals surface area contributed by atoms with Gasteiger partial charge in [0.05, 0.1) is 24.7 Å². The van der Waals surface area contributed by atoms with Crippen molar-refractivity contribution < 1.29 is 22.7 Å². The first kappa shape index (κ1) is 29.3. The lowest BCUT2D eigenvalue weighted by atomic mass is 10.2. The molecule has 0 heterocycles. The highest BCUT2D eigenvalue weighted by atomic mass is 35.5. The minimum absolute atomic E-state index is 0.122. The van der Waals surface area contributed by atoms with E-state index >= 15 is 0 Å². The molecule has 41 heavy (non-hydrogen) atoms. The van der Waals surface area contributed by atoms with E-state index in [1.165, 1.54) is 22.7 Å². The molecule has 9 nitrogen and oxygen atoms in total. The Kier molecular flexibility index (Phi) is 9.73. The number of carbonyl (C=O) groups excluding carboxylic acids is 2. The first-order chi connectivity index (χ1) is 19.7. The van der Waals surface area contributed by atoms with E-state index < -0.39 is 15.9 Å². The Bertz CT molecular complexity index is 1610. The molecule has 4 rings (SSSR count). The molecule has 0 saturated carbocycles. The number of anilines is 2. The van der Waals surface area contributed by atoms with Crippen molar-refractivity contribution in [2.45, 2.75) is 6.54 Å². The second-order valence-corrected chi connectivity index (χ2v) is 11.3. The lowest BCUT2D eigenvalue weighted by Crippen LogP contribution is -2.29. The Hall–Kier alpha value is -4.67. The largest absolute Gasteiger partial charge is 0.484 e. The topological polar surface area (TPSA) is 117 Å². The fourth-order valence-corrected chi connectivity index (χ4v) is 4.70. The van der Waals surface area contributed by atoms with Crippen molar-refractivity contribution in [2.24, 2.45) is 5.10 Å². The number of rotatable bonds is 11. The predicted octanol–water partition coefficient (Wildman–Crippen LogP) is 5.09. The second-order valence-electron chi connectivity index (χ2n) is 8.91. The Morgan fingerprint density at radius 1 is 0.902 bits per heavy atom. The van der Waals surface area contributed by atoms with Crippen LogP contribution in [0, 0.1) is 0 Å². The predicted molar refractivity (Wildman–Crippen MR) is 161 cm³/mol. The maximum absolute atomic E-state index is 12.5. The van der Waals surface area contributed by atoms with Gasteiger partial charge in [0.15, 0.2) is 6.61 Å². The van der Waals surface area contributed by atoms with Crippen LogP contribution in [0.3, 0.4) is 0 Å². The average Bonchev–Trinajstić information content (AvgIpc) is 2.96. The number of nitrogens with zero attached hydrogens (tertiary/aromatic N) is 2. The molecular weight excluding hydrogens is 564 g/mol. The SMILES string of the molecule is CS(=O)(=O)N(Cc1ccc(Cl)cc1)c1ccc(C(=O)N/N=C\c2ccc(OCC(=O)Nc3ccccc3)cc2)cc1. The average molecular weight is 591 g/mol. The highest BCUT2D eigenvalue weighted by Crippen LogP contribution is 2.22. The molecular formula is C30H27ClN4O5S. The van der Waals surface area contributed by atoms with Crippen LogP contribution in [0.25, 0.3) is 0 Å². The molecule has 0 aliphatic heterocycles. The van der Waals surface area contributed by atoms with Crippen molar-refractivity contribution in [1.29, 1.82) is 0 Å². The summed E-state index contributed by atoms with van der Waals surface area (Å²) in [6.07, 6.45) is 2.59. The van der Waals surface area contributed by atoms with Crippen molar-refractivity contribution >= 4 is 51.0 Å². The highest BCUT2D eigenvalue weighted by Gasteiger charge is 2.18. The molecule has 0 aromatic heterocycles. The maximum Gasteiger partial charge on any atom is 0.271 e. The van der Waals surface area contributed by atoms with Gasteiger partial charge in [0, 0.05) is 16.3 Å². The van der Waals surface area contributed by atoms with Crippen LogP contribution in [0.15, 0.2) is 108 Å². The molecule has 2 N–H and O–H groups in total. The minimum Gasteiger partial charge on any atom is -0.484 e. The van der Waals surface area contributed by atoms with Crippen LogP contribution < -0.4 is 19.8 Å². The summed E-state index contributed by atoms with van der Waals surface area (Å²) in [5, 5.41) is 7.28. The number of nitrogens with one attached hydrogen (secondary N) is 2. The first-order valence-corrected chi connectivity index (χ1v) is 14.6. The van der Waals surface area contributed by atoms with E-state index in [1.807, 2.05) is 18.2 Å². The van der Waals surface area contributed by atoms with Crippen molar-refractivity contribution in [3.8, 4) is 5.75 Å². The molecule has 2 amide bonds. The summed E-state index contributed by atoms with van der Waals surface area (Å²) in [4.78, 5) is 24.6. The van der Waals surface area contributed by atoms with Crippen LogP contribution in [0.4, 0.5) is 11.4 Å². The molecule has 210 valence electrons. The van der Waals surface area contributed by atoms with Crippen LogP contribution >= 0.6 is 11.6 Å². The van der Waals surface area contributed by atoms with Gasteiger partial charge in [0.2, 0.25) is 10.0 Å². The highest BCUT2D eigenvalue weighted by molar-refractivity contribution is 7.92. The van der Waals surface area contributed by atoms with Crippen LogP contribution in [0.5, 0.6) is 5.75 Å². The third-order valence-electron chi connectivity index (χ3n) is 5.74. The Morgan fingerprint density at radius 3 is 2.20 bits per heavy atom. The molecule has 4 aromatic rings. The van der Waals surface area contributed by atoms with E-state index in [2.05, 4.69) is 15.8 Å². The lowest BCUT2D eigenvalue weighted by Gasteiger charge is -2.22. The summed E-state index contributed by atoms with van der Waals surface area (Å²) in [6.45, 7) is -0.0171. The van der Waals surface area contributed by atoms with E-state index in [9.17, 15) is 18.0 Å². The number of hydrogen-bond acceptors (Lipinski definition) is 6. The second kappa shape index (κ2) is 13.6. The number of hydrogen-bond donors (Lipinski definition) is 2. The van der Waals surface area contributed by atoms with Crippen molar-refractivity contribution in [1.82, 2.24) is 5.43 Å². The number of carbonyl (C=O) groups is 2. The van der Waals surface area contributed by atoms with Gasteiger partial charge in [0.25, 0.3) is 11.8 Å². The monoisotopic (exact) mass is 590 g/mol. The van der Waals surface area contributed by atoms with Gasteiger partial charge in [-0.05, 0) is 83.9 Å². The Balaban J connectivity index is 1.29. The first-order valence-electron chi connectivity index (χ1n) is 12.4. The van der Waals surface area contributed by atoms with Gasteiger partial charge in [-0.25, -0.2) is 13.8 Å². The molecule has 4 aromatic carbocycles. The molecule has 0 aliphatic carbocycles. The molecule has 0 unspecified atom stereocenters. The van der Waals surface area contributed by atoms with Crippen molar-refractivity contribution in [3.05, 3.63) is 125 Å². The van der Waals surface area contributed by atoms with Crippen LogP contribution in [-0.2, 0) is 21.4 Å². The minimum atomic E-state index is -3.58. The fraction of sp³-hybridized carbons (Fsp3) is 0.100. The van der Waals surface area contributed by atoms with E-state index in [0.717, 1.165) is 11.8 Å². The fourth-order valence-electron chi connectivity index (χ4n) is 3.68. The van der Waals surface area contributed by atoms with E-state index in [0.29, 0.717) is 33.3 Å². The summed E-state index contributed by atoms with van der Waals surface area (Å²) in [5.41, 5.74) is 5.34. The van der Waals surface area contributed by atoms with Crippen LogP contribution in [0.2, 0.25) is 5.02 Å². The number of amides is 2. The van der Waals surface area contributed by atoms with Gasteiger partial charge >= 0.3 is 0 Å². The lowest BCUT2D eigenvalue weighted by molar-refractivity contribution is -0.118. The number of sulfonamides is 1. The molecule has 0 radical (unpaired) electrons. The smallest absolute Gasteiger partial charge is 0.271 e. The van der Waals surface area contributed by atoms with Crippen molar-refractivity contribution in [2.75, 3.05) is 22.5 Å². The molecule has 0 atom stereocenters. The van der Waals surface area contributed by atoms with Gasteiger partial charge in [-0.1, -0.05) is 41.9 Å². The number of para-hydroxylation sites is 1. The number of benzene rings is 4. The van der Waals surface area contributed by atoms with Gasteiger partial charge in [-0.2, -0.15) is 5.10 Å². The molecule has 0 bridgehead atoms. The summed E-state index contributed by atoms with van der Waals surface area (Å²) in [5.74, 6) is -0.224. The number of ether oxygens (including phenoxy) is 1. The maximum atomic E-state index is 12.5. The van der Waals surface area contributed by atoms with Crippen molar-refractivity contribution in [3.63, 3.8) is 0 Å². The third-order valence-corrected chi connectivity index (χ3v) is 7.14. The van der Waals surface area contributed by atoms with E-state index in [-0.39, 0.29) is 19.1 Å². The molecule has 0 saturated heterocycles. The Labute approximate surface area is 243 Å². The summed E-state index contributed by atoms with van der Waals surface area (Å²) >= 11 is 5.92. The molecule has 11 heteroatoms. The zero-order chi connectivity index (χ0) is 29.2. The number of halogens is 1. The standard InChI is InChI=1S/C30H27ClN4O5S/c1-41(38,39)35(20-23-7-13-25(31)14-8-23)27-15-11-24(12-16-27)30(37)34-32-19-22-9-17-28(18-10-22)40-21-29(36)33-26-5-3-2-4-6-26/h2-19H,20-21H2,1H3,(H,33,36)(H,34,37)/b32-19-. The normalized spacial score (nSPS) is 11.2. The van der Waals surface area contributed by atoms with Crippen LogP contribution in [0.1, 0.15) is 21.5 Å². The van der Waals surface area contributed by atoms with Crippen LogP contribution in [-0.4, -0.2) is 39.3 Å². The summed E-state index contributed by atoms with van der Waals surface area (Å²) in [7, 11) is -3.58. The third kappa shape index (κ3) is 8.92. The zero-order valence-electron chi connectivity index (χ0n) is 22.0. The Morgan fingerprint density at radius 2 is 1.56 bits per heavy atom. The molecule has 0 aliphatic rings. The van der Waals surface area contributed by atoms with E-state index in [1.54, 1.807) is 72.8 Å². The number of hydrazone groups is 1. The van der Waals surface area contributed by atoms with Gasteiger partial charge in [-0.15, -0.1) is 0 Å². The summed E-state index contributed by atoms with van der Waals surface area (Å²) in [6, 6.07) is 29.0. The summed E-state index contributed by atoms with van der Waals surface area (Å²) < 4.78 is 31.6. The van der Waals surface area contributed by atoms with E-state index in [4.69, 9.17) is 16.3 Å². The zero-order valence-corrected chi connectivity index (χ0v) is 23.6. The van der Waals surface area contributed by atoms with Gasteiger partial charge in [-0.3, -0.25) is 13.9 Å².